The Morgan fingerprint density at radius 3 is 1.61 bits per heavy atom. The number of rotatable bonds is 6. The minimum absolute atomic E-state index is 0.245. The molecule has 0 aromatic heterocycles. The molecule has 0 bridgehead atoms. The summed E-state index contributed by atoms with van der Waals surface area (Å²) in [6.07, 6.45) is 3.27. The lowest BCUT2D eigenvalue weighted by molar-refractivity contribution is 0.118. The van der Waals surface area contributed by atoms with Crippen molar-refractivity contribution in [2.45, 2.75) is 40.0 Å². The van der Waals surface area contributed by atoms with E-state index in [1.165, 1.54) is 6.42 Å². The lowest BCUT2D eigenvalue weighted by atomic mass is 10.3. The van der Waals surface area contributed by atoms with E-state index in [2.05, 4.69) is 25.7 Å². The Balaban J connectivity index is 2.64. The van der Waals surface area contributed by atoms with Crippen LogP contribution in [-0.4, -0.2) is 66.5 Å². The van der Waals surface area contributed by atoms with Gasteiger partial charge >= 0.3 is 6.03 Å². The highest BCUT2D eigenvalue weighted by Crippen LogP contribution is 2.07. The van der Waals surface area contributed by atoms with Crippen molar-refractivity contribution in [3.8, 4) is 0 Å². The second-order valence-electron chi connectivity index (χ2n) is 5.10. The maximum absolute atomic E-state index is 12.4. The second-order valence-corrected chi connectivity index (χ2v) is 5.10. The van der Waals surface area contributed by atoms with Crippen molar-refractivity contribution in [1.29, 1.82) is 0 Å². The molecular formula is C14H29N3O. The zero-order valence-corrected chi connectivity index (χ0v) is 12.3. The molecule has 0 spiro atoms. The fourth-order valence-electron chi connectivity index (χ4n) is 2.52. The topological polar surface area (TPSA) is 26.8 Å². The maximum Gasteiger partial charge on any atom is 0.320 e. The molecule has 4 nitrogen and oxygen atoms in total. The number of hydrogen-bond acceptors (Lipinski definition) is 2. The summed E-state index contributed by atoms with van der Waals surface area (Å²) in [4.78, 5) is 18.9. The third-order valence-corrected chi connectivity index (χ3v) is 3.44. The summed E-state index contributed by atoms with van der Waals surface area (Å²) >= 11 is 0. The van der Waals surface area contributed by atoms with Crippen LogP contribution in [0.4, 0.5) is 4.79 Å². The summed E-state index contributed by atoms with van der Waals surface area (Å²) < 4.78 is 0. The van der Waals surface area contributed by atoms with Gasteiger partial charge in [0, 0.05) is 39.3 Å². The quantitative estimate of drug-likeness (QED) is 0.728. The van der Waals surface area contributed by atoms with Crippen molar-refractivity contribution in [2.24, 2.45) is 0 Å². The first-order valence-electron chi connectivity index (χ1n) is 7.49. The van der Waals surface area contributed by atoms with E-state index in [4.69, 9.17) is 0 Å². The molecular weight excluding hydrogens is 226 g/mol. The Bertz CT molecular complexity index is 225. The molecule has 0 atom stereocenters. The summed E-state index contributed by atoms with van der Waals surface area (Å²) in [5, 5.41) is 0. The molecule has 0 N–H and O–H groups in total. The molecule has 0 aromatic carbocycles. The number of nitrogens with zero attached hydrogens (tertiary/aromatic N) is 3. The van der Waals surface area contributed by atoms with Gasteiger partial charge in [-0.25, -0.2) is 4.79 Å². The van der Waals surface area contributed by atoms with Gasteiger partial charge in [-0.3, -0.25) is 4.90 Å². The van der Waals surface area contributed by atoms with E-state index < -0.39 is 0 Å². The van der Waals surface area contributed by atoms with Crippen molar-refractivity contribution in [3.63, 3.8) is 0 Å². The van der Waals surface area contributed by atoms with Crippen LogP contribution >= 0.6 is 0 Å². The van der Waals surface area contributed by atoms with Gasteiger partial charge in [-0.05, 0) is 25.8 Å². The van der Waals surface area contributed by atoms with Crippen LogP contribution in [0.1, 0.15) is 40.0 Å². The Labute approximate surface area is 112 Å². The van der Waals surface area contributed by atoms with Gasteiger partial charge in [0.15, 0.2) is 0 Å². The molecule has 0 saturated carbocycles. The standard InChI is InChI=1S/C14H29N3O/c1-4-7-15-10-12-16(8-5-2)14(18)17(9-6-3)13-11-15/h4-13H2,1-3H3. The molecule has 18 heavy (non-hydrogen) atoms. The summed E-state index contributed by atoms with van der Waals surface area (Å²) in [5.74, 6) is 0. The van der Waals surface area contributed by atoms with Gasteiger partial charge < -0.3 is 9.80 Å². The Morgan fingerprint density at radius 2 is 1.22 bits per heavy atom. The van der Waals surface area contributed by atoms with Crippen LogP contribution in [0, 0.1) is 0 Å². The highest BCUT2D eigenvalue weighted by molar-refractivity contribution is 5.74. The fourth-order valence-corrected chi connectivity index (χ4v) is 2.52. The highest BCUT2D eigenvalue weighted by atomic mass is 16.2. The number of urea groups is 1. The molecule has 0 aromatic rings. The van der Waals surface area contributed by atoms with Crippen molar-refractivity contribution in [1.82, 2.24) is 14.7 Å². The summed E-state index contributed by atoms with van der Waals surface area (Å²) in [6.45, 7) is 13.2. The fraction of sp³-hybridized carbons (Fsp3) is 0.929. The van der Waals surface area contributed by atoms with Gasteiger partial charge in [-0.15, -0.1) is 0 Å². The van der Waals surface area contributed by atoms with Gasteiger partial charge in [0.25, 0.3) is 0 Å². The monoisotopic (exact) mass is 255 g/mol. The van der Waals surface area contributed by atoms with Crippen molar-refractivity contribution in [2.75, 3.05) is 45.8 Å². The molecule has 0 unspecified atom stereocenters. The number of amides is 2. The third-order valence-electron chi connectivity index (χ3n) is 3.44. The number of carbonyl (C=O) groups is 1. The van der Waals surface area contributed by atoms with Crippen molar-refractivity contribution >= 4 is 6.03 Å². The molecule has 106 valence electrons. The Morgan fingerprint density at radius 1 is 0.778 bits per heavy atom. The first kappa shape index (κ1) is 15.3. The van der Waals surface area contributed by atoms with E-state index in [1.807, 2.05) is 9.80 Å². The Kier molecular flexibility index (Phi) is 7.09. The first-order chi connectivity index (χ1) is 8.72. The molecule has 2 amide bonds. The van der Waals surface area contributed by atoms with E-state index in [1.54, 1.807) is 0 Å². The third kappa shape index (κ3) is 4.48. The molecule has 1 aliphatic rings. The van der Waals surface area contributed by atoms with Gasteiger partial charge in [0.05, 0.1) is 0 Å². The van der Waals surface area contributed by atoms with Crippen molar-refractivity contribution < 1.29 is 4.79 Å². The van der Waals surface area contributed by atoms with Crippen molar-refractivity contribution in [3.05, 3.63) is 0 Å². The minimum Gasteiger partial charge on any atom is -0.323 e. The van der Waals surface area contributed by atoms with E-state index in [9.17, 15) is 4.79 Å². The maximum atomic E-state index is 12.4. The van der Waals surface area contributed by atoms with Crippen LogP contribution in [-0.2, 0) is 0 Å². The lowest BCUT2D eigenvalue weighted by Gasteiger charge is -2.36. The average Bonchev–Trinajstić information content (AvgIpc) is 2.36. The van der Waals surface area contributed by atoms with Crippen LogP contribution < -0.4 is 0 Å². The molecule has 4 heteroatoms. The summed E-state index contributed by atoms with van der Waals surface area (Å²) in [6, 6.07) is 0.245. The van der Waals surface area contributed by atoms with Crippen LogP contribution in [0.15, 0.2) is 0 Å². The zero-order chi connectivity index (χ0) is 13.4. The number of carbonyl (C=O) groups excluding carboxylic acids is 1. The Hall–Kier alpha value is -0.770. The predicted molar refractivity (Wildman–Crippen MR) is 75.9 cm³/mol. The van der Waals surface area contributed by atoms with Crippen LogP contribution in [0.3, 0.4) is 0 Å². The largest absolute Gasteiger partial charge is 0.323 e. The molecule has 1 rings (SSSR count). The van der Waals surface area contributed by atoms with E-state index >= 15 is 0 Å². The summed E-state index contributed by atoms with van der Waals surface area (Å²) in [7, 11) is 0. The minimum atomic E-state index is 0.245. The lowest BCUT2D eigenvalue weighted by Crippen LogP contribution is -2.52. The smallest absolute Gasteiger partial charge is 0.320 e. The van der Waals surface area contributed by atoms with Crippen LogP contribution in [0.25, 0.3) is 0 Å². The molecule has 1 aliphatic heterocycles. The predicted octanol–water partition coefficient (Wildman–Crippen LogP) is 2.26. The van der Waals surface area contributed by atoms with Gasteiger partial charge in [0.1, 0.15) is 0 Å². The van der Waals surface area contributed by atoms with Crippen LogP contribution in [0.2, 0.25) is 0 Å². The molecule has 0 radical (unpaired) electrons. The van der Waals surface area contributed by atoms with E-state index in [0.717, 1.165) is 58.7 Å². The molecule has 0 aliphatic carbocycles. The highest BCUT2D eigenvalue weighted by Gasteiger charge is 2.23. The van der Waals surface area contributed by atoms with E-state index in [0.29, 0.717) is 0 Å². The molecule has 1 fully saturated rings. The SMILES string of the molecule is CCCN1CCN(CCC)C(=O)N(CCC)CC1. The first-order valence-corrected chi connectivity index (χ1v) is 7.49. The number of hydrogen-bond donors (Lipinski definition) is 0. The van der Waals surface area contributed by atoms with Gasteiger partial charge in [-0.2, -0.15) is 0 Å². The van der Waals surface area contributed by atoms with Gasteiger partial charge in [-0.1, -0.05) is 20.8 Å². The normalized spacial score (nSPS) is 18.9. The summed E-state index contributed by atoms with van der Waals surface area (Å²) in [5.41, 5.74) is 0. The molecule has 1 heterocycles. The van der Waals surface area contributed by atoms with Crippen LogP contribution in [0.5, 0.6) is 0 Å². The zero-order valence-electron chi connectivity index (χ0n) is 12.3. The average molecular weight is 255 g/mol. The molecule has 1 saturated heterocycles. The van der Waals surface area contributed by atoms with Gasteiger partial charge in [0.2, 0.25) is 0 Å². The second kappa shape index (κ2) is 8.35. The van der Waals surface area contributed by atoms with E-state index in [-0.39, 0.29) is 6.03 Å².